The normalized spacial score (nSPS) is 14.7. The van der Waals surface area contributed by atoms with Gasteiger partial charge in [0, 0.05) is 38.6 Å². The van der Waals surface area contributed by atoms with Crippen molar-refractivity contribution >= 4 is 10.9 Å². The third-order valence-electron chi connectivity index (χ3n) is 6.55. The van der Waals surface area contributed by atoms with Crippen molar-refractivity contribution in [3.8, 4) is 0 Å². The van der Waals surface area contributed by atoms with Crippen LogP contribution in [0, 0.1) is 0 Å². The number of fused-ring (bicyclic) bond motifs is 2. The van der Waals surface area contributed by atoms with E-state index in [1.165, 1.54) is 15.7 Å². The van der Waals surface area contributed by atoms with Crippen LogP contribution in [0.2, 0.25) is 0 Å². The second-order valence-corrected chi connectivity index (χ2v) is 8.89. The minimum absolute atomic E-state index is 0.0342. The van der Waals surface area contributed by atoms with Gasteiger partial charge in [0.15, 0.2) is 0 Å². The van der Waals surface area contributed by atoms with Crippen LogP contribution in [0.3, 0.4) is 0 Å². The van der Waals surface area contributed by atoms with Crippen molar-refractivity contribution < 1.29 is 5.11 Å². The first kappa shape index (κ1) is 22.3. The molecule has 0 spiro atoms. The molecule has 1 aliphatic heterocycles. The summed E-state index contributed by atoms with van der Waals surface area (Å²) in [6, 6.07) is 19.3. The maximum absolute atomic E-state index is 13.4. The zero-order valence-electron chi connectivity index (χ0n) is 19.0. The summed E-state index contributed by atoms with van der Waals surface area (Å²) in [6.45, 7) is 2.39. The van der Waals surface area contributed by atoms with Gasteiger partial charge in [-0.1, -0.05) is 42.5 Å². The molecular formula is C27H28N4O3. The molecule has 0 aliphatic carbocycles. The fraction of sp³-hybridized carbons (Fsp3) is 0.296. The minimum atomic E-state index is -0.830. The lowest BCUT2D eigenvalue weighted by molar-refractivity contribution is 0.0897. The summed E-state index contributed by atoms with van der Waals surface area (Å²) in [5, 5.41) is 11.3. The Morgan fingerprint density at radius 2 is 1.71 bits per heavy atom. The van der Waals surface area contributed by atoms with Crippen molar-refractivity contribution in [3.05, 3.63) is 111 Å². The van der Waals surface area contributed by atoms with Gasteiger partial charge in [-0.3, -0.25) is 23.8 Å². The number of aromatic nitrogens is 3. The third kappa shape index (κ3) is 4.58. The number of β-amino-alcohol motifs (C(OH)–C–C–N with tert-alkyl or cyclic N) is 1. The van der Waals surface area contributed by atoms with E-state index in [0.717, 1.165) is 25.1 Å². The summed E-state index contributed by atoms with van der Waals surface area (Å²) in [6.07, 6.45) is 4.21. The quantitative estimate of drug-likeness (QED) is 0.461. The summed E-state index contributed by atoms with van der Waals surface area (Å²) in [5.74, 6) is 0. The number of hydrogen-bond acceptors (Lipinski definition) is 5. The lowest BCUT2D eigenvalue weighted by Crippen LogP contribution is -2.45. The smallest absolute Gasteiger partial charge is 0.331 e. The van der Waals surface area contributed by atoms with Gasteiger partial charge in [-0.15, -0.1) is 0 Å². The molecule has 4 aromatic rings. The van der Waals surface area contributed by atoms with Gasteiger partial charge in [0.05, 0.1) is 23.6 Å². The Kier molecular flexibility index (Phi) is 6.38. The first-order chi connectivity index (χ1) is 16.6. The molecular weight excluding hydrogens is 428 g/mol. The van der Waals surface area contributed by atoms with Gasteiger partial charge in [0.25, 0.3) is 5.56 Å². The third-order valence-corrected chi connectivity index (χ3v) is 6.55. The van der Waals surface area contributed by atoms with Gasteiger partial charge in [-0.05, 0) is 47.7 Å². The average molecular weight is 457 g/mol. The molecule has 34 heavy (non-hydrogen) atoms. The highest BCUT2D eigenvalue weighted by molar-refractivity contribution is 5.77. The standard InChI is InChI=1S/C27H28N4O3/c32-23(18-29-14-12-21-7-1-2-8-22(21)17-29)19-31-26(33)24-9-3-4-10-25(24)30(27(31)34)15-11-20-6-5-13-28-16-20/h1-10,13,16,23,32H,11-12,14-15,17-19H2. The Bertz CT molecular complexity index is 1410. The van der Waals surface area contributed by atoms with Crippen LogP contribution in [-0.4, -0.2) is 43.3 Å². The largest absolute Gasteiger partial charge is 0.390 e. The van der Waals surface area contributed by atoms with Crippen LogP contribution in [0.4, 0.5) is 0 Å². The zero-order valence-corrected chi connectivity index (χ0v) is 19.0. The van der Waals surface area contributed by atoms with Crippen LogP contribution >= 0.6 is 0 Å². The lowest BCUT2D eigenvalue weighted by atomic mass is 10.00. The number of benzene rings is 2. The van der Waals surface area contributed by atoms with E-state index in [-0.39, 0.29) is 12.1 Å². The number of hydrogen-bond donors (Lipinski definition) is 1. The van der Waals surface area contributed by atoms with E-state index in [1.807, 2.05) is 24.3 Å². The number of aryl methyl sites for hydroxylation is 2. The SMILES string of the molecule is O=c1c2ccccc2n(CCc2cccnc2)c(=O)n1CC(O)CN1CCc2ccccc2C1. The molecule has 1 N–H and O–H groups in total. The monoisotopic (exact) mass is 456 g/mol. The second-order valence-electron chi connectivity index (χ2n) is 8.89. The van der Waals surface area contributed by atoms with Gasteiger partial charge >= 0.3 is 5.69 Å². The molecule has 174 valence electrons. The Morgan fingerprint density at radius 3 is 2.53 bits per heavy atom. The topological polar surface area (TPSA) is 80.4 Å². The second kappa shape index (κ2) is 9.75. The van der Waals surface area contributed by atoms with Crippen LogP contribution in [0.25, 0.3) is 10.9 Å². The molecule has 3 heterocycles. The maximum atomic E-state index is 13.4. The van der Waals surface area contributed by atoms with E-state index in [2.05, 4.69) is 28.1 Å². The number of aliphatic hydroxyl groups excluding tert-OH is 1. The molecule has 0 saturated carbocycles. The molecule has 0 bridgehead atoms. The predicted molar refractivity (Wildman–Crippen MR) is 132 cm³/mol. The molecule has 5 rings (SSSR count). The first-order valence-electron chi connectivity index (χ1n) is 11.7. The molecule has 0 amide bonds. The van der Waals surface area contributed by atoms with Crippen molar-refractivity contribution in [2.75, 3.05) is 13.1 Å². The van der Waals surface area contributed by atoms with Crippen LogP contribution in [0.5, 0.6) is 0 Å². The van der Waals surface area contributed by atoms with Gasteiger partial charge in [-0.2, -0.15) is 0 Å². The Hall–Kier alpha value is -3.55. The summed E-state index contributed by atoms with van der Waals surface area (Å²) < 4.78 is 2.82. The molecule has 0 saturated heterocycles. The highest BCUT2D eigenvalue weighted by atomic mass is 16.3. The van der Waals surface area contributed by atoms with Gasteiger partial charge in [0.2, 0.25) is 0 Å². The molecule has 0 fully saturated rings. The molecule has 1 atom stereocenters. The number of nitrogens with zero attached hydrogens (tertiary/aromatic N) is 4. The van der Waals surface area contributed by atoms with E-state index < -0.39 is 11.8 Å². The summed E-state index contributed by atoms with van der Waals surface area (Å²) in [5.41, 5.74) is 3.48. The maximum Gasteiger partial charge on any atom is 0.331 e. The predicted octanol–water partition coefficient (Wildman–Crippen LogP) is 2.22. The van der Waals surface area contributed by atoms with E-state index >= 15 is 0 Å². The van der Waals surface area contributed by atoms with Crippen LogP contribution in [0.1, 0.15) is 16.7 Å². The highest BCUT2D eigenvalue weighted by Crippen LogP contribution is 2.18. The average Bonchev–Trinajstić information content (AvgIpc) is 2.87. The number of pyridine rings is 1. The minimum Gasteiger partial charge on any atom is -0.390 e. The van der Waals surface area contributed by atoms with Gasteiger partial charge in [-0.25, -0.2) is 4.79 Å². The Morgan fingerprint density at radius 1 is 0.912 bits per heavy atom. The number of para-hydroxylation sites is 1. The first-order valence-corrected chi connectivity index (χ1v) is 11.7. The van der Waals surface area contributed by atoms with Gasteiger partial charge in [0.1, 0.15) is 0 Å². The van der Waals surface area contributed by atoms with E-state index in [9.17, 15) is 14.7 Å². The van der Waals surface area contributed by atoms with E-state index in [1.54, 1.807) is 35.2 Å². The van der Waals surface area contributed by atoms with Crippen molar-refractivity contribution in [1.29, 1.82) is 0 Å². The molecule has 1 aliphatic rings. The van der Waals surface area contributed by atoms with Crippen molar-refractivity contribution in [2.45, 2.75) is 38.6 Å². The van der Waals surface area contributed by atoms with Crippen molar-refractivity contribution in [1.82, 2.24) is 19.0 Å². The summed E-state index contributed by atoms with van der Waals surface area (Å²) in [7, 11) is 0. The molecule has 2 aromatic heterocycles. The molecule has 7 heteroatoms. The molecule has 1 unspecified atom stereocenters. The fourth-order valence-electron chi connectivity index (χ4n) is 4.81. The highest BCUT2D eigenvalue weighted by Gasteiger charge is 2.21. The van der Waals surface area contributed by atoms with E-state index in [4.69, 9.17) is 0 Å². The molecule has 7 nitrogen and oxygen atoms in total. The Labute approximate surface area is 197 Å². The van der Waals surface area contributed by atoms with Crippen molar-refractivity contribution in [3.63, 3.8) is 0 Å². The van der Waals surface area contributed by atoms with Crippen LogP contribution in [0.15, 0.2) is 82.6 Å². The van der Waals surface area contributed by atoms with Crippen molar-refractivity contribution in [2.24, 2.45) is 0 Å². The zero-order chi connectivity index (χ0) is 23.5. The van der Waals surface area contributed by atoms with Crippen LogP contribution < -0.4 is 11.2 Å². The van der Waals surface area contributed by atoms with Crippen LogP contribution in [-0.2, 0) is 32.5 Å². The lowest BCUT2D eigenvalue weighted by Gasteiger charge is -2.30. The number of rotatable bonds is 7. The number of aliphatic hydroxyl groups is 1. The van der Waals surface area contributed by atoms with E-state index in [0.29, 0.717) is 30.4 Å². The van der Waals surface area contributed by atoms with Gasteiger partial charge < -0.3 is 5.11 Å². The fourth-order valence-corrected chi connectivity index (χ4v) is 4.81. The molecule has 2 aromatic carbocycles. The summed E-state index contributed by atoms with van der Waals surface area (Å²) in [4.78, 5) is 32.9. The molecule has 0 radical (unpaired) electrons. The summed E-state index contributed by atoms with van der Waals surface area (Å²) >= 11 is 0. The Balaban J connectivity index is 1.39.